The smallest absolute Gasteiger partial charge is 0.339 e. The minimum Gasteiger partial charge on any atom is -0.487 e. The number of esters is 1. The maximum Gasteiger partial charge on any atom is 0.339 e. The van der Waals surface area contributed by atoms with E-state index in [0.29, 0.717) is 49.5 Å². The van der Waals surface area contributed by atoms with Crippen molar-refractivity contribution in [3.8, 4) is 5.75 Å². The van der Waals surface area contributed by atoms with Gasteiger partial charge in [-0.25, -0.2) is 9.59 Å². The molecule has 0 saturated carbocycles. The molecule has 4 rings (SSSR count). The van der Waals surface area contributed by atoms with Crippen molar-refractivity contribution in [1.29, 1.82) is 0 Å². The van der Waals surface area contributed by atoms with E-state index in [9.17, 15) is 14.4 Å². The molecule has 168 valence electrons. The molecule has 1 N–H and O–H groups in total. The van der Waals surface area contributed by atoms with Crippen molar-refractivity contribution in [2.75, 3.05) is 37.0 Å². The summed E-state index contributed by atoms with van der Waals surface area (Å²) in [4.78, 5) is 41.5. The number of rotatable bonds is 3. The van der Waals surface area contributed by atoms with E-state index in [2.05, 4.69) is 5.32 Å². The fourth-order valence-electron chi connectivity index (χ4n) is 4.19. The first kappa shape index (κ1) is 21.7. The number of carbonyl (C=O) groups is 3. The average molecular weight is 437 g/mol. The minimum atomic E-state index is -0.499. The van der Waals surface area contributed by atoms with Crippen LogP contribution in [0.3, 0.4) is 0 Å². The normalized spacial score (nSPS) is 18.4. The summed E-state index contributed by atoms with van der Waals surface area (Å²) in [6, 6.07) is 14.2. The summed E-state index contributed by atoms with van der Waals surface area (Å²) in [7, 11) is 1.31. The fraction of sp³-hybridized carbons (Fsp3) is 0.375. The van der Waals surface area contributed by atoms with E-state index in [1.807, 2.05) is 31.2 Å². The molecule has 3 amide bonds. The third kappa shape index (κ3) is 4.39. The first-order chi connectivity index (χ1) is 15.5. The number of benzene rings is 2. The van der Waals surface area contributed by atoms with Crippen LogP contribution < -0.4 is 15.0 Å². The second-order valence-corrected chi connectivity index (χ2v) is 8.08. The van der Waals surface area contributed by atoms with Crippen LogP contribution in [-0.4, -0.2) is 55.7 Å². The van der Waals surface area contributed by atoms with Gasteiger partial charge >= 0.3 is 12.0 Å². The molecule has 1 fully saturated rings. The summed E-state index contributed by atoms with van der Waals surface area (Å²) in [5, 5.41) is 2.85. The highest BCUT2D eigenvalue weighted by Gasteiger charge is 2.34. The predicted molar refractivity (Wildman–Crippen MR) is 120 cm³/mol. The third-order valence-electron chi connectivity index (χ3n) is 5.88. The van der Waals surface area contributed by atoms with E-state index in [0.717, 1.165) is 5.69 Å². The Morgan fingerprint density at radius 1 is 1.03 bits per heavy atom. The first-order valence-corrected chi connectivity index (χ1v) is 10.8. The second kappa shape index (κ2) is 9.30. The maximum absolute atomic E-state index is 13.2. The molecule has 0 radical (unpaired) electrons. The highest BCUT2D eigenvalue weighted by molar-refractivity contribution is 6.02. The van der Waals surface area contributed by atoms with Gasteiger partial charge in [0, 0.05) is 19.0 Å². The van der Waals surface area contributed by atoms with Gasteiger partial charge < -0.3 is 19.7 Å². The predicted octanol–water partition coefficient (Wildman–Crippen LogP) is 3.53. The molecule has 1 atom stereocenters. The van der Waals surface area contributed by atoms with E-state index in [1.165, 1.54) is 7.11 Å². The van der Waals surface area contributed by atoms with Crippen LogP contribution in [0.4, 0.5) is 16.2 Å². The number of likely N-dealkylation sites (tertiary alicyclic amines) is 1. The number of urea groups is 1. The molecular weight excluding hydrogens is 410 g/mol. The van der Waals surface area contributed by atoms with Crippen molar-refractivity contribution >= 4 is 29.3 Å². The highest BCUT2D eigenvalue weighted by atomic mass is 16.5. The molecule has 2 aliphatic rings. The number of methoxy groups -OCH3 is 1. The van der Waals surface area contributed by atoms with Crippen molar-refractivity contribution < 1.29 is 23.9 Å². The molecular formula is C24H27N3O5. The van der Waals surface area contributed by atoms with Crippen molar-refractivity contribution in [3.63, 3.8) is 0 Å². The molecule has 2 heterocycles. The second-order valence-electron chi connectivity index (χ2n) is 8.08. The Bertz CT molecular complexity index is 1020. The molecule has 32 heavy (non-hydrogen) atoms. The fourth-order valence-corrected chi connectivity index (χ4v) is 4.19. The quantitative estimate of drug-likeness (QED) is 0.742. The molecule has 1 saturated heterocycles. The van der Waals surface area contributed by atoms with Gasteiger partial charge in [0.15, 0.2) is 0 Å². The molecule has 0 spiro atoms. The minimum absolute atomic E-state index is 0.0671. The summed E-state index contributed by atoms with van der Waals surface area (Å²) in [6.07, 6.45) is 1.02. The number of hydrogen-bond acceptors (Lipinski definition) is 5. The molecule has 0 aromatic heterocycles. The van der Waals surface area contributed by atoms with Gasteiger partial charge in [-0.15, -0.1) is 0 Å². The van der Waals surface area contributed by atoms with Crippen LogP contribution in [0.1, 0.15) is 30.1 Å². The largest absolute Gasteiger partial charge is 0.487 e. The zero-order valence-electron chi connectivity index (χ0n) is 18.2. The maximum atomic E-state index is 13.2. The van der Waals surface area contributed by atoms with Crippen molar-refractivity contribution in [3.05, 3.63) is 54.1 Å². The van der Waals surface area contributed by atoms with E-state index < -0.39 is 5.97 Å². The van der Waals surface area contributed by atoms with Crippen LogP contribution in [0.25, 0.3) is 0 Å². The number of piperidine rings is 1. The van der Waals surface area contributed by atoms with Gasteiger partial charge in [0.25, 0.3) is 0 Å². The monoisotopic (exact) mass is 437 g/mol. The van der Waals surface area contributed by atoms with Crippen molar-refractivity contribution in [2.45, 2.75) is 25.9 Å². The molecule has 0 aliphatic carbocycles. The summed E-state index contributed by atoms with van der Waals surface area (Å²) in [5.74, 6) is -0.182. The molecule has 2 aliphatic heterocycles. The van der Waals surface area contributed by atoms with Gasteiger partial charge in [-0.2, -0.15) is 0 Å². The Kier molecular flexibility index (Phi) is 6.30. The van der Waals surface area contributed by atoms with Crippen molar-refractivity contribution in [2.24, 2.45) is 5.92 Å². The number of nitrogens with zero attached hydrogens (tertiary/aromatic N) is 2. The molecule has 8 heteroatoms. The van der Waals surface area contributed by atoms with Gasteiger partial charge in [0.05, 0.1) is 30.6 Å². The Morgan fingerprint density at radius 3 is 2.47 bits per heavy atom. The molecule has 0 unspecified atom stereocenters. The van der Waals surface area contributed by atoms with Gasteiger partial charge in [0.2, 0.25) is 5.91 Å². The lowest BCUT2D eigenvalue weighted by molar-refractivity contribution is -0.121. The van der Waals surface area contributed by atoms with Crippen LogP contribution in [0.5, 0.6) is 5.75 Å². The van der Waals surface area contributed by atoms with E-state index in [1.54, 1.807) is 34.1 Å². The van der Waals surface area contributed by atoms with E-state index >= 15 is 0 Å². The SMILES string of the molecule is COC(=O)c1ccccc1NC(=O)C1CCN(C(=O)N2C[C@H](C)Oc3ccccc32)CC1. The van der Waals surface area contributed by atoms with Crippen molar-refractivity contribution in [1.82, 2.24) is 4.90 Å². The lowest BCUT2D eigenvalue weighted by Crippen LogP contribution is -2.51. The lowest BCUT2D eigenvalue weighted by atomic mass is 9.95. The van der Waals surface area contributed by atoms with Crippen LogP contribution in [-0.2, 0) is 9.53 Å². The van der Waals surface area contributed by atoms with Crippen LogP contribution in [0.2, 0.25) is 0 Å². The Balaban J connectivity index is 1.38. The first-order valence-electron chi connectivity index (χ1n) is 10.8. The lowest BCUT2D eigenvalue weighted by Gasteiger charge is -2.39. The number of nitrogens with one attached hydrogen (secondary N) is 1. The summed E-state index contributed by atoms with van der Waals surface area (Å²) >= 11 is 0. The summed E-state index contributed by atoms with van der Waals surface area (Å²) in [5.41, 5.74) is 1.52. The Labute approximate surface area is 187 Å². The van der Waals surface area contributed by atoms with E-state index in [-0.39, 0.29) is 24.0 Å². The standard InChI is InChI=1S/C24H27N3O5/c1-16-15-27(20-9-5-6-10-21(20)32-16)24(30)26-13-11-17(12-14-26)22(28)25-19-8-4-3-7-18(19)23(29)31-2/h3-10,16-17H,11-15H2,1-2H3,(H,25,28)/t16-/m0/s1. The highest BCUT2D eigenvalue weighted by Crippen LogP contribution is 2.34. The Morgan fingerprint density at radius 2 is 1.72 bits per heavy atom. The van der Waals surface area contributed by atoms with Gasteiger partial charge in [0.1, 0.15) is 11.9 Å². The average Bonchev–Trinajstić information content (AvgIpc) is 2.83. The number of para-hydroxylation sites is 3. The van der Waals surface area contributed by atoms with Crippen LogP contribution in [0, 0.1) is 5.92 Å². The number of hydrogen-bond donors (Lipinski definition) is 1. The zero-order valence-corrected chi connectivity index (χ0v) is 18.2. The van der Waals surface area contributed by atoms with Crippen LogP contribution in [0.15, 0.2) is 48.5 Å². The van der Waals surface area contributed by atoms with Gasteiger partial charge in [-0.05, 0) is 44.0 Å². The van der Waals surface area contributed by atoms with Gasteiger partial charge in [-0.1, -0.05) is 24.3 Å². The van der Waals surface area contributed by atoms with E-state index in [4.69, 9.17) is 9.47 Å². The van der Waals surface area contributed by atoms with Gasteiger partial charge in [-0.3, -0.25) is 9.69 Å². The number of amides is 3. The molecule has 2 aromatic rings. The number of anilines is 2. The summed E-state index contributed by atoms with van der Waals surface area (Å²) in [6.45, 7) is 3.41. The summed E-state index contributed by atoms with van der Waals surface area (Å²) < 4.78 is 10.6. The molecule has 8 nitrogen and oxygen atoms in total. The zero-order chi connectivity index (χ0) is 22.7. The topological polar surface area (TPSA) is 88.2 Å². The number of fused-ring (bicyclic) bond motifs is 1. The number of ether oxygens (including phenoxy) is 2. The number of carbonyl (C=O) groups excluding carboxylic acids is 3. The Hall–Kier alpha value is -3.55. The van der Waals surface area contributed by atoms with Crippen LogP contribution >= 0.6 is 0 Å². The molecule has 0 bridgehead atoms. The third-order valence-corrected chi connectivity index (χ3v) is 5.88. The molecule has 2 aromatic carbocycles.